The van der Waals surface area contributed by atoms with Gasteiger partial charge in [0.1, 0.15) is 5.82 Å². The monoisotopic (exact) mass is 375 g/mol. The second-order valence-corrected chi connectivity index (χ2v) is 7.46. The largest absolute Gasteiger partial charge is 0.354 e. The molecule has 140 valence electrons. The molecule has 6 nitrogen and oxygen atoms in total. The van der Waals surface area contributed by atoms with Crippen LogP contribution in [-0.2, 0) is 4.79 Å². The Morgan fingerprint density at radius 3 is 2.62 bits per heavy atom. The van der Waals surface area contributed by atoms with Gasteiger partial charge in [-0.3, -0.25) is 9.69 Å². The highest BCUT2D eigenvalue weighted by Crippen LogP contribution is 2.31. The third-order valence-electron chi connectivity index (χ3n) is 4.82. The zero-order valence-electron chi connectivity index (χ0n) is 15.6. The summed E-state index contributed by atoms with van der Waals surface area (Å²) >= 11 is 6.35. The molecule has 1 aromatic carbocycles. The second kappa shape index (κ2) is 7.78. The Labute approximate surface area is 159 Å². The van der Waals surface area contributed by atoms with E-state index in [1.807, 2.05) is 25.1 Å². The summed E-state index contributed by atoms with van der Waals surface area (Å²) in [5.74, 6) is 1.03. The van der Waals surface area contributed by atoms with Crippen LogP contribution in [0.2, 0.25) is 5.02 Å². The third-order valence-corrected chi connectivity index (χ3v) is 5.13. The summed E-state index contributed by atoms with van der Waals surface area (Å²) in [5.41, 5.74) is 8.05. The number of fused-ring (bicyclic) bond motifs is 1. The fourth-order valence-electron chi connectivity index (χ4n) is 3.21. The average molecular weight is 376 g/mol. The van der Waals surface area contributed by atoms with Gasteiger partial charge in [-0.15, -0.1) is 0 Å². The van der Waals surface area contributed by atoms with Crippen molar-refractivity contribution in [1.29, 1.82) is 0 Å². The molecule has 0 spiro atoms. The molecule has 3 rings (SSSR count). The van der Waals surface area contributed by atoms with Crippen LogP contribution in [0.15, 0.2) is 24.3 Å². The molecule has 0 radical (unpaired) electrons. The maximum absolute atomic E-state index is 11.9. The second-order valence-electron chi connectivity index (χ2n) is 7.05. The van der Waals surface area contributed by atoms with Crippen LogP contribution in [0, 0.1) is 0 Å². The van der Waals surface area contributed by atoms with E-state index in [1.165, 1.54) is 0 Å². The number of carbonyl (C=O) groups excluding carboxylic acids is 1. The number of nitrogens with zero attached hydrogens (tertiary/aromatic N) is 4. The van der Waals surface area contributed by atoms with Crippen molar-refractivity contribution >= 4 is 34.2 Å². The number of rotatable bonds is 4. The molecule has 0 unspecified atom stereocenters. The lowest BCUT2D eigenvalue weighted by molar-refractivity contribution is -0.129. The van der Waals surface area contributed by atoms with Crippen LogP contribution in [0.3, 0.4) is 0 Å². The first kappa shape index (κ1) is 18.9. The summed E-state index contributed by atoms with van der Waals surface area (Å²) in [6.45, 7) is 5.69. The van der Waals surface area contributed by atoms with Crippen molar-refractivity contribution in [2.75, 3.05) is 51.7 Å². The molecule has 0 saturated carbocycles. The van der Waals surface area contributed by atoms with Gasteiger partial charge >= 0.3 is 0 Å². The lowest BCUT2D eigenvalue weighted by Crippen LogP contribution is -2.49. The molecule has 1 fully saturated rings. The first-order valence-electron chi connectivity index (χ1n) is 8.89. The van der Waals surface area contributed by atoms with Crippen LogP contribution in [0.4, 0.5) is 5.82 Å². The van der Waals surface area contributed by atoms with Crippen molar-refractivity contribution in [2.45, 2.75) is 13.0 Å². The predicted molar refractivity (Wildman–Crippen MR) is 107 cm³/mol. The predicted octanol–water partition coefficient (Wildman–Crippen LogP) is 2.12. The number of hydrogen-bond donors (Lipinski definition) is 1. The van der Waals surface area contributed by atoms with Gasteiger partial charge in [0.25, 0.3) is 0 Å². The molecule has 1 saturated heterocycles. The molecule has 1 aliphatic rings. The highest BCUT2D eigenvalue weighted by molar-refractivity contribution is 6.35. The number of likely N-dealkylation sites (N-methyl/N-ethyl adjacent to an activating group) is 1. The molecular weight excluding hydrogens is 350 g/mol. The Morgan fingerprint density at radius 1 is 1.31 bits per heavy atom. The van der Waals surface area contributed by atoms with E-state index in [9.17, 15) is 4.79 Å². The average Bonchev–Trinajstić information content (AvgIpc) is 2.61. The molecule has 1 aromatic heterocycles. The van der Waals surface area contributed by atoms with Crippen LogP contribution in [0.5, 0.6) is 0 Å². The molecule has 1 aliphatic heterocycles. The summed E-state index contributed by atoms with van der Waals surface area (Å²) < 4.78 is 0. The van der Waals surface area contributed by atoms with Crippen molar-refractivity contribution in [3.8, 4) is 0 Å². The number of halogens is 1. The SMILES string of the molecule is C[C@H](N)c1cc2cccc(Cl)c2nc1N1CCN(CC(=O)N(C)C)CC1. The Balaban J connectivity index is 1.83. The molecule has 7 heteroatoms. The van der Waals surface area contributed by atoms with E-state index in [4.69, 9.17) is 22.3 Å². The molecule has 26 heavy (non-hydrogen) atoms. The number of benzene rings is 1. The Kier molecular flexibility index (Phi) is 5.65. The third kappa shape index (κ3) is 3.92. The number of anilines is 1. The molecule has 2 heterocycles. The number of hydrogen-bond acceptors (Lipinski definition) is 5. The normalized spacial score (nSPS) is 16.7. The van der Waals surface area contributed by atoms with Crippen LogP contribution in [0.1, 0.15) is 18.5 Å². The van der Waals surface area contributed by atoms with E-state index in [0.29, 0.717) is 11.6 Å². The summed E-state index contributed by atoms with van der Waals surface area (Å²) in [5, 5.41) is 1.65. The molecule has 1 amide bonds. The van der Waals surface area contributed by atoms with Crippen molar-refractivity contribution in [3.63, 3.8) is 0 Å². The zero-order valence-corrected chi connectivity index (χ0v) is 16.3. The summed E-state index contributed by atoms with van der Waals surface area (Å²) in [6.07, 6.45) is 0. The van der Waals surface area contributed by atoms with Gasteiger partial charge in [0.2, 0.25) is 5.91 Å². The lowest BCUT2D eigenvalue weighted by Gasteiger charge is -2.36. The van der Waals surface area contributed by atoms with E-state index in [2.05, 4.69) is 15.9 Å². The lowest BCUT2D eigenvalue weighted by atomic mass is 10.1. The minimum Gasteiger partial charge on any atom is -0.354 e. The van der Waals surface area contributed by atoms with Gasteiger partial charge in [0.15, 0.2) is 0 Å². The van der Waals surface area contributed by atoms with Gasteiger partial charge in [-0.05, 0) is 19.1 Å². The highest BCUT2D eigenvalue weighted by Gasteiger charge is 2.23. The Hall–Kier alpha value is -1.89. The van der Waals surface area contributed by atoms with E-state index < -0.39 is 0 Å². The van der Waals surface area contributed by atoms with Gasteiger partial charge in [0.05, 0.1) is 17.1 Å². The van der Waals surface area contributed by atoms with E-state index in [-0.39, 0.29) is 11.9 Å². The minimum atomic E-state index is -0.116. The van der Waals surface area contributed by atoms with E-state index in [0.717, 1.165) is 48.5 Å². The van der Waals surface area contributed by atoms with Gasteiger partial charge in [0, 0.05) is 57.3 Å². The van der Waals surface area contributed by atoms with Gasteiger partial charge < -0.3 is 15.5 Å². The molecule has 1 atom stereocenters. The van der Waals surface area contributed by atoms with E-state index >= 15 is 0 Å². The number of amides is 1. The van der Waals surface area contributed by atoms with Crippen LogP contribution < -0.4 is 10.6 Å². The zero-order chi connectivity index (χ0) is 18.8. The number of aromatic nitrogens is 1. The van der Waals surface area contributed by atoms with Crippen molar-refractivity contribution in [1.82, 2.24) is 14.8 Å². The number of nitrogens with two attached hydrogens (primary N) is 1. The molecule has 2 N–H and O–H groups in total. The Bertz CT molecular complexity index is 800. The fraction of sp³-hybridized carbons (Fsp3) is 0.474. The van der Waals surface area contributed by atoms with Gasteiger partial charge in [-0.1, -0.05) is 23.7 Å². The summed E-state index contributed by atoms with van der Waals surface area (Å²) in [7, 11) is 3.58. The molecule has 0 aliphatic carbocycles. The minimum absolute atomic E-state index is 0.116. The Morgan fingerprint density at radius 2 is 2.00 bits per heavy atom. The van der Waals surface area contributed by atoms with Crippen molar-refractivity contribution < 1.29 is 4.79 Å². The van der Waals surface area contributed by atoms with Gasteiger partial charge in [-0.2, -0.15) is 0 Å². The van der Waals surface area contributed by atoms with Crippen LogP contribution in [-0.4, -0.2) is 67.5 Å². The maximum atomic E-state index is 11.9. The van der Waals surface area contributed by atoms with Crippen molar-refractivity contribution in [2.24, 2.45) is 5.73 Å². The van der Waals surface area contributed by atoms with Gasteiger partial charge in [-0.25, -0.2) is 4.98 Å². The standard InChI is InChI=1S/C19H26ClN5O/c1-13(21)15-11-14-5-4-6-16(20)18(14)22-19(15)25-9-7-24(8-10-25)12-17(26)23(2)3/h4-6,11,13H,7-10,12,21H2,1-3H3/t13-/m0/s1. The highest BCUT2D eigenvalue weighted by atomic mass is 35.5. The number of pyridine rings is 1. The van der Waals surface area contributed by atoms with E-state index in [1.54, 1.807) is 19.0 Å². The maximum Gasteiger partial charge on any atom is 0.236 e. The van der Waals surface area contributed by atoms with Crippen LogP contribution >= 0.6 is 11.6 Å². The quantitative estimate of drug-likeness (QED) is 0.886. The molecule has 2 aromatic rings. The smallest absolute Gasteiger partial charge is 0.236 e. The molecular formula is C19H26ClN5O. The topological polar surface area (TPSA) is 65.7 Å². The molecule has 0 bridgehead atoms. The fourth-order valence-corrected chi connectivity index (χ4v) is 3.43. The number of piperazine rings is 1. The number of para-hydroxylation sites is 1. The summed E-state index contributed by atoms with van der Waals surface area (Å²) in [4.78, 5) is 22.8. The summed E-state index contributed by atoms with van der Waals surface area (Å²) in [6, 6.07) is 7.77. The number of carbonyl (C=O) groups is 1. The first-order valence-corrected chi connectivity index (χ1v) is 9.27. The first-order chi connectivity index (χ1) is 12.4. The van der Waals surface area contributed by atoms with Crippen molar-refractivity contribution in [3.05, 3.63) is 34.9 Å². The van der Waals surface area contributed by atoms with Crippen LogP contribution in [0.25, 0.3) is 10.9 Å².